The third-order valence-corrected chi connectivity index (χ3v) is 6.69. The van der Waals surface area contributed by atoms with Crippen LogP contribution in [-0.2, 0) is 14.4 Å². The number of aromatic hydroxyl groups is 1. The van der Waals surface area contributed by atoms with E-state index in [4.69, 9.17) is 17.3 Å². The van der Waals surface area contributed by atoms with E-state index in [2.05, 4.69) is 37.2 Å². The van der Waals surface area contributed by atoms with Crippen molar-refractivity contribution in [1.82, 2.24) is 10.2 Å². The van der Waals surface area contributed by atoms with E-state index in [1.54, 1.807) is 19.1 Å². The highest BCUT2D eigenvalue weighted by Crippen LogP contribution is 2.38. The van der Waals surface area contributed by atoms with Crippen molar-refractivity contribution < 1.29 is 24.6 Å². The molecule has 2 amide bonds. The number of phenolic OH excluding ortho intramolecular Hbond substituents is 1. The predicted octanol–water partition coefficient (Wildman–Crippen LogP) is 4.27. The van der Waals surface area contributed by atoms with E-state index >= 15 is 0 Å². The molecule has 0 aromatic heterocycles. The summed E-state index contributed by atoms with van der Waals surface area (Å²) >= 11 is 13.0. The molecule has 1 aliphatic heterocycles. The molecule has 0 aliphatic carbocycles. The highest BCUT2D eigenvalue weighted by Gasteiger charge is 2.38. The number of carboxylic acids is 1. The Morgan fingerprint density at radius 1 is 1.30 bits per heavy atom. The Balaban J connectivity index is 2.00. The van der Waals surface area contributed by atoms with E-state index in [0.29, 0.717) is 40.7 Å². The van der Waals surface area contributed by atoms with Crippen molar-refractivity contribution in [3.63, 3.8) is 0 Å². The number of carbonyl (C=O) groups excluding carboxylic acids is 2. The van der Waals surface area contributed by atoms with E-state index in [-0.39, 0.29) is 22.4 Å². The van der Waals surface area contributed by atoms with Gasteiger partial charge in [0, 0.05) is 23.0 Å². The van der Waals surface area contributed by atoms with Crippen LogP contribution in [0.1, 0.15) is 38.2 Å². The van der Waals surface area contributed by atoms with E-state index in [1.165, 1.54) is 11.0 Å². The topological polar surface area (TPSA) is 107 Å². The average Bonchev–Trinajstić information content (AvgIpc) is 2.94. The highest BCUT2D eigenvalue weighted by molar-refractivity contribution is 9.11. The number of amides is 2. The van der Waals surface area contributed by atoms with Gasteiger partial charge >= 0.3 is 5.97 Å². The first-order valence-electron chi connectivity index (χ1n) is 9.06. The Morgan fingerprint density at radius 2 is 2.00 bits per heavy atom. The summed E-state index contributed by atoms with van der Waals surface area (Å²) in [5.74, 6) is -1.57. The number of halogens is 2. The number of thioether (sulfide) groups is 1. The molecule has 11 heteroatoms. The fourth-order valence-electron chi connectivity index (χ4n) is 2.71. The number of carboxylic acid groups (broad SMARTS) is 1. The summed E-state index contributed by atoms with van der Waals surface area (Å²) in [6, 6.07) is 2.57. The summed E-state index contributed by atoms with van der Waals surface area (Å²) in [5.41, 5.74) is 0.440. The number of rotatable bonds is 9. The molecule has 1 fully saturated rings. The van der Waals surface area contributed by atoms with E-state index in [9.17, 15) is 19.5 Å². The van der Waals surface area contributed by atoms with Gasteiger partial charge in [-0.15, -0.1) is 0 Å². The van der Waals surface area contributed by atoms with Crippen molar-refractivity contribution in [2.75, 3.05) is 6.54 Å². The van der Waals surface area contributed by atoms with Crippen LogP contribution in [0.4, 0.5) is 0 Å². The van der Waals surface area contributed by atoms with Gasteiger partial charge in [0.15, 0.2) is 0 Å². The molecule has 1 unspecified atom stereocenters. The van der Waals surface area contributed by atoms with Crippen molar-refractivity contribution in [2.24, 2.45) is 0 Å². The summed E-state index contributed by atoms with van der Waals surface area (Å²) in [6.45, 7) is 1.99. The minimum atomic E-state index is -0.835. The van der Waals surface area contributed by atoms with Crippen LogP contribution in [0.2, 0.25) is 0 Å². The second kappa shape index (κ2) is 11.3. The third kappa shape index (κ3) is 6.53. The van der Waals surface area contributed by atoms with Crippen molar-refractivity contribution in [3.8, 4) is 5.75 Å². The molecular weight excluding hydrogens is 560 g/mol. The van der Waals surface area contributed by atoms with Gasteiger partial charge in [-0.3, -0.25) is 19.3 Å². The molecule has 162 valence electrons. The lowest BCUT2D eigenvalue weighted by molar-refractivity contribution is -0.137. The Kier molecular flexibility index (Phi) is 9.32. The van der Waals surface area contributed by atoms with Crippen molar-refractivity contribution in [1.29, 1.82) is 0 Å². The number of thiocarbonyl (C=S) groups is 1. The molecule has 1 aromatic rings. The summed E-state index contributed by atoms with van der Waals surface area (Å²) in [4.78, 5) is 37.3. The molecule has 1 atom stereocenters. The zero-order valence-corrected chi connectivity index (χ0v) is 20.8. The Labute approximate surface area is 200 Å². The lowest BCUT2D eigenvalue weighted by atomic mass is 10.1. The maximum absolute atomic E-state index is 12.8. The fourth-order valence-corrected chi connectivity index (χ4v) is 5.37. The summed E-state index contributed by atoms with van der Waals surface area (Å²) in [5, 5.41) is 21.6. The van der Waals surface area contributed by atoms with Crippen molar-refractivity contribution in [2.45, 2.75) is 38.6 Å². The van der Waals surface area contributed by atoms with Crippen LogP contribution in [0.3, 0.4) is 0 Å². The molecule has 2 rings (SSSR count). The molecule has 0 saturated carbocycles. The molecule has 0 radical (unpaired) electrons. The monoisotopic (exact) mass is 578 g/mol. The summed E-state index contributed by atoms with van der Waals surface area (Å²) in [7, 11) is 0. The molecular formula is C19H20Br2N2O5S2. The van der Waals surface area contributed by atoms with Crippen LogP contribution < -0.4 is 5.32 Å². The molecule has 0 spiro atoms. The minimum Gasteiger partial charge on any atom is -0.506 e. The maximum atomic E-state index is 12.8. The second-order valence-electron chi connectivity index (χ2n) is 6.55. The van der Waals surface area contributed by atoms with Gasteiger partial charge in [-0.1, -0.05) is 46.3 Å². The van der Waals surface area contributed by atoms with Crippen molar-refractivity contribution in [3.05, 3.63) is 31.5 Å². The molecule has 3 N–H and O–H groups in total. The van der Waals surface area contributed by atoms with E-state index in [0.717, 1.165) is 16.2 Å². The zero-order valence-electron chi connectivity index (χ0n) is 16.0. The molecule has 1 saturated heterocycles. The summed E-state index contributed by atoms with van der Waals surface area (Å²) in [6.07, 6.45) is 3.55. The molecule has 0 bridgehead atoms. The van der Waals surface area contributed by atoms with Crippen LogP contribution in [0.5, 0.6) is 5.75 Å². The number of unbranched alkanes of at least 4 members (excludes halogenated alkanes) is 2. The molecule has 1 aliphatic rings. The van der Waals surface area contributed by atoms with Crippen LogP contribution >= 0.6 is 55.8 Å². The fraction of sp³-hybridized carbons (Fsp3) is 0.368. The standard InChI is InChI=1S/C19H20Br2N2O5S2/c1-10(17(27)22-6-4-2-3-5-15(24)25)23-18(28)14(30-19(23)29)8-11-7-12(20)9-13(21)16(11)26/h7-10,26H,2-6H2,1H3,(H,22,27)(H,24,25)/b14-8-. The first-order chi connectivity index (χ1) is 14.1. The van der Waals surface area contributed by atoms with Gasteiger partial charge in [0.05, 0.1) is 9.38 Å². The maximum Gasteiger partial charge on any atom is 0.303 e. The molecule has 7 nitrogen and oxygen atoms in total. The number of hydrogen-bond donors (Lipinski definition) is 3. The van der Waals surface area contributed by atoms with E-state index < -0.39 is 17.9 Å². The first-order valence-corrected chi connectivity index (χ1v) is 11.9. The smallest absolute Gasteiger partial charge is 0.303 e. The molecule has 1 heterocycles. The van der Waals surface area contributed by atoms with Gasteiger partial charge in [0.2, 0.25) is 5.91 Å². The van der Waals surface area contributed by atoms with Crippen LogP contribution in [0, 0.1) is 0 Å². The zero-order chi connectivity index (χ0) is 22.4. The number of phenols is 1. The van der Waals surface area contributed by atoms with Crippen molar-refractivity contribution >= 4 is 84.0 Å². The van der Waals surface area contributed by atoms with Gasteiger partial charge < -0.3 is 15.5 Å². The summed E-state index contributed by atoms with van der Waals surface area (Å²) < 4.78 is 1.48. The van der Waals surface area contributed by atoms with Gasteiger partial charge in [0.25, 0.3) is 5.91 Å². The Bertz CT molecular complexity index is 907. The Morgan fingerprint density at radius 3 is 2.67 bits per heavy atom. The number of benzene rings is 1. The predicted molar refractivity (Wildman–Crippen MR) is 127 cm³/mol. The quantitative estimate of drug-likeness (QED) is 0.228. The number of nitrogens with one attached hydrogen (secondary N) is 1. The van der Waals surface area contributed by atoms with Gasteiger partial charge in [-0.25, -0.2) is 0 Å². The van der Waals surface area contributed by atoms with Gasteiger partial charge in [0.1, 0.15) is 16.1 Å². The Hall–Kier alpha value is -1.43. The van der Waals surface area contributed by atoms with Crippen LogP contribution in [-0.4, -0.2) is 49.8 Å². The number of hydrogen-bond acceptors (Lipinski definition) is 6. The lowest BCUT2D eigenvalue weighted by Crippen LogP contribution is -2.47. The van der Waals surface area contributed by atoms with Gasteiger partial charge in [-0.2, -0.15) is 0 Å². The lowest BCUT2D eigenvalue weighted by Gasteiger charge is -2.22. The SMILES string of the molecule is CC(C(=O)NCCCCCC(=O)O)N1C(=O)/C(=C/c2cc(Br)cc(Br)c2O)SC1=S. The highest BCUT2D eigenvalue weighted by atomic mass is 79.9. The third-order valence-electron chi connectivity index (χ3n) is 4.30. The van der Waals surface area contributed by atoms with E-state index in [1.807, 2.05) is 0 Å². The largest absolute Gasteiger partial charge is 0.506 e. The minimum absolute atomic E-state index is 0.00263. The normalized spacial score (nSPS) is 16.2. The first kappa shape index (κ1) is 24.8. The number of nitrogens with zero attached hydrogens (tertiary/aromatic N) is 1. The van der Waals surface area contributed by atoms with Crippen LogP contribution in [0.15, 0.2) is 26.0 Å². The molecule has 1 aromatic carbocycles. The van der Waals surface area contributed by atoms with Crippen LogP contribution in [0.25, 0.3) is 6.08 Å². The molecule has 30 heavy (non-hydrogen) atoms. The number of carbonyl (C=O) groups is 3. The average molecular weight is 580 g/mol. The van der Waals surface area contributed by atoms with Gasteiger partial charge in [-0.05, 0) is 53.9 Å². The number of aliphatic carboxylic acids is 1. The second-order valence-corrected chi connectivity index (χ2v) is 9.99.